The van der Waals surface area contributed by atoms with Crippen molar-refractivity contribution in [2.75, 3.05) is 13.1 Å². The first kappa shape index (κ1) is 5.48. The summed E-state index contributed by atoms with van der Waals surface area (Å²) in [5.74, 6) is 1.87. The molecule has 50 valence electrons. The van der Waals surface area contributed by atoms with Crippen LogP contribution in [0.4, 0.5) is 0 Å². The second-order valence-corrected chi connectivity index (χ2v) is 3.08. The van der Waals surface area contributed by atoms with E-state index in [2.05, 4.69) is 17.5 Å². The summed E-state index contributed by atoms with van der Waals surface area (Å²) >= 11 is 0. The van der Waals surface area contributed by atoms with Crippen molar-refractivity contribution in [3.8, 4) is 0 Å². The molecule has 1 saturated heterocycles. The highest BCUT2D eigenvalue weighted by Gasteiger charge is 2.24. The highest BCUT2D eigenvalue weighted by atomic mass is 14.9. The second-order valence-electron chi connectivity index (χ2n) is 3.08. The first-order valence-electron chi connectivity index (χ1n) is 3.84. The van der Waals surface area contributed by atoms with Gasteiger partial charge in [0.15, 0.2) is 0 Å². The first-order chi connectivity index (χ1) is 4.47. The molecule has 9 heavy (non-hydrogen) atoms. The lowest BCUT2D eigenvalue weighted by Gasteiger charge is -2.25. The minimum Gasteiger partial charge on any atom is -0.316 e. The van der Waals surface area contributed by atoms with Crippen LogP contribution in [-0.2, 0) is 0 Å². The maximum Gasteiger partial charge on any atom is 0.00170 e. The molecule has 1 heteroatoms. The Hall–Kier alpha value is -0.300. The molecule has 1 fully saturated rings. The minimum atomic E-state index is 0.874. The molecular formula is C8H13N. The van der Waals surface area contributed by atoms with E-state index >= 15 is 0 Å². The second kappa shape index (κ2) is 2.14. The lowest BCUT2D eigenvalue weighted by Crippen LogP contribution is -2.33. The molecule has 0 radical (unpaired) electrons. The fourth-order valence-electron chi connectivity index (χ4n) is 1.88. The van der Waals surface area contributed by atoms with E-state index in [4.69, 9.17) is 0 Å². The van der Waals surface area contributed by atoms with Crippen LogP contribution in [0.2, 0.25) is 0 Å². The Balaban J connectivity index is 2.03. The van der Waals surface area contributed by atoms with Gasteiger partial charge in [0.2, 0.25) is 0 Å². The molecule has 1 heterocycles. The number of nitrogens with one attached hydrogen (secondary N) is 1. The Bertz CT molecular complexity index is 129. The SMILES string of the molecule is C1=CC2CNCCC2C1. The molecule has 0 saturated carbocycles. The molecule has 0 amide bonds. The van der Waals surface area contributed by atoms with E-state index in [-0.39, 0.29) is 0 Å². The smallest absolute Gasteiger partial charge is 0.00170 e. The third kappa shape index (κ3) is 0.897. The summed E-state index contributed by atoms with van der Waals surface area (Å²) in [6.07, 6.45) is 7.43. The monoisotopic (exact) mass is 123 g/mol. The molecule has 0 aromatic heterocycles. The average Bonchev–Trinajstić information content (AvgIpc) is 2.33. The number of allylic oxidation sites excluding steroid dienone is 1. The Morgan fingerprint density at radius 1 is 1.44 bits per heavy atom. The normalized spacial score (nSPS) is 40.9. The molecule has 0 spiro atoms. The molecule has 2 rings (SSSR count). The van der Waals surface area contributed by atoms with E-state index in [0.29, 0.717) is 0 Å². The maximum absolute atomic E-state index is 3.40. The molecule has 2 unspecified atom stereocenters. The summed E-state index contributed by atoms with van der Waals surface area (Å²) in [5, 5.41) is 3.40. The van der Waals surface area contributed by atoms with E-state index in [9.17, 15) is 0 Å². The van der Waals surface area contributed by atoms with Gasteiger partial charge >= 0.3 is 0 Å². The van der Waals surface area contributed by atoms with Gasteiger partial charge in [-0.3, -0.25) is 0 Å². The van der Waals surface area contributed by atoms with Gasteiger partial charge in [-0.1, -0.05) is 12.2 Å². The molecule has 1 aliphatic heterocycles. The van der Waals surface area contributed by atoms with E-state index in [1.54, 1.807) is 0 Å². The van der Waals surface area contributed by atoms with Crippen molar-refractivity contribution in [1.29, 1.82) is 0 Å². The van der Waals surface area contributed by atoms with Gasteiger partial charge in [-0.25, -0.2) is 0 Å². The van der Waals surface area contributed by atoms with Crippen LogP contribution in [-0.4, -0.2) is 13.1 Å². The number of rotatable bonds is 0. The Labute approximate surface area is 56.1 Å². The van der Waals surface area contributed by atoms with Crippen LogP contribution < -0.4 is 5.32 Å². The van der Waals surface area contributed by atoms with Gasteiger partial charge in [-0.2, -0.15) is 0 Å². The van der Waals surface area contributed by atoms with E-state index in [1.165, 1.54) is 25.9 Å². The van der Waals surface area contributed by atoms with Crippen LogP contribution in [0.25, 0.3) is 0 Å². The molecule has 0 aromatic carbocycles. The lowest BCUT2D eigenvalue weighted by atomic mass is 9.89. The van der Waals surface area contributed by atoms with Crippen molar-refractivity contribution in [3.63, 3.8) is 0 Å². The maximum atomic E-state index is 3.40. The molecule has 1 N–H and O–H groups in total. The highest BCUT2D eigenvalue weighted by Crippen LogP contribution is 2.29. The zero-order valence-corrected chi connectivity index (χ0v) is 5.64. The van der Waals surface area contributed by atoms with Crippen molar-refractivity contribution in [2.24, 2.45) is 11.8 Å². The number of hydrogen-bond acceptors (Lipinski definition) is 1. The Kier molecular flexibility index (Phi) is 1.31. The van der Waals surface area contributed by atoms with Gasteiger partial charge < -0.3 is 5.32 Å². The highest BCUT2D eigenvalue weighted by molar-refractivity contribution is 5.03. The molecule has 2 aliphatic rings. The summed E-state index contributed by atoms with van der Waals surface area (Å²) in [6.45, 7) is 2.46. The molecule has 2 atom stereocenters. The number of hydrogen-bond donors (Lipinski definition) is 1. The van der Waals surface area contributed by atoms with Crippen LogP contribution in [0, 0.1) is 11.8 Å². The molecular weight excluding hydrogens is 110 g/mol. The van der Waals surface area contributed by atoms with Crippen LogP contribution >= 0.6 is 0 Å². The fraction of sp³-hybridized carbons (Fsp3) is 0.750. The van der Waals surface area contributed by atoms with Gasteiger partial charge in [-0.15, -0.1) is 0 Å². The Morgan fingerprint density at radius 3 is 3.33 bits per heavy atom. The molecule has 0 bridgehead atoms. The summed E-state index contributed by atoms with van der Waals surface area (Å²) < 4.78 is 0. The van der Waals surface area contributed by atoms with Crippen molar-refractivity contribution in [3.05, 3.63) is 12.2 Å². The minimum absolute atomic E-state index is 0.874. The van der Waals surface area contributed by atoms with Gasteiger partial charge in [0.1, 0.15) is 0 Å². The van der Waals surface area contributed by atoms with Crippen LogP contribution in [0.15, 0.2) is 12.2 Å². The largest absolute Gasteiger partial charge is 0.316 e. The third-order valence-corrected chi connectivity index (χ3v) is 2.50. The van der Waals surface area contributed by atoms with Crippen LogP contribution in [0.1, 0.15) is 12.8 Å². The number of piperidine rings is 1. The predicted octanol–water partition coefficient (Wildman–Crippen LogP) is 1.17. The third-order valence-electron chi connectivity index (χ3n) is 2.50. The fourth-order valence-corrected chi connectivity index (χ4v) is 1.88. The van der Waals surface area contributed by atoms with Crippen molar-refractivity contribution in [1.82, 2.24) is 5.32 Å². The predicted molar refractivity (Wildman–Crippen MR) is 38.2 cm³/mol. The molecule has 1 nitrogen and oxygen atoms in total. The standard InChI is InChI=1S/C8H13N/c1-2-7-4-5-9-6-8(7)3-1/h1,3,7-9H,2,4-6H2. The summed E-state index contributed by atoms with van der Waals surface area (Å²) in [7, 11) is 0. The van der Waals surface area contributed by atoms with Crippen molar-refractivity contribution < 1.29 is 0 Å². The van der Waals surface area contributed by atoms with Gasteiger partial charge in [-0.05, 0) is 31.2 Å². The zero-order chi connectivity index (χ0) is 6.10. The lowest BCUT2D eigenvalue weighted by molar-refractivity contribution is 0.322. The van der Waals surface area contributed by atoms with Gasteiger partial charge in [0.05, 0.1) is 0 Å². The van der Waals surface area contributed by atoms with Crippen LogP contribution in [0.3, 0.4) is 0 Å². The molecule has 1 aliphatic carbocycles. The van der Waals surface area contributed by atoms with E-state index in [1.807, 2.05) is 0 Å². The summed E-state index contributed by atoms with van der Waals surface area (Å²) in [4.78, 5) is 0. The topological polar surface area (TPSA) is 12.0 Å². The van der Waals surface area contributed by atoms with Crippen LogP contribution in [0.5, 0.6) is 0 Å². The zero-order valence-electron chi connectivity index (χ0n) is 5.64. The average molecular weight is 123 g/mol. The first-order valence-corrected chi connectivity index (χ1v) is 3.84. The van der Waals surface area contributed by atoms with Gasteiger partial charge in [0.25, 0.3) is 0 Å². The quantitative estimate of drug-likeness (QED) is 0.477. The summed E-state index contributed by atoms with van der Waals surface area (Å²) in [5.41, 5.74) is 0. The van der Waals surface area contributed by atoms with E-state index in [0.717, 1.165) is 11.8 Å². The molecule has 0 aromatic rings. The van der Waals surface area contributed by atoms with Crippen molar-refractivity contribution in [2.45, 2.75) is 12.8 Å². The van der Waals surface area contributed by atoms with E-state index < -0.39 is 0 Å². The Morgan fingerprint density at radius 2 is 2.44 bits per heavy atom. The summed E-state index contributed by atoms with van der Waals surface area (Å²) in [6, 6.07) is 0. The number of fused-ring (bicyclic) bond motifs is 1. The van der Waals surface area contributed by atoms with Crippen molar-refractivity contribution >= 4 is 0 Å². The van der Waals surface area contributed by atoms with Gasteiger partial charge in [0, 0.05) is 6.54 Å².